The fourth-order valence-electron chi connectivity index (χ4n) is 2.13. The van der Waals surface area contributed by atoms with E-state index in [2.05, 4.69) is 19.2 Å². The van der Waals surface area contributed by atoms with Crippen LogP contribution in [0.2, 0.25) is 0 Å². The summed E-state index contributed by atoms with van der Waals surface area (Å²) >= 11 is 1.88. The second kappa shape index (κ2) is 4.13. The average molecular weight is 212 g/mol. The van der Waals surface area contributed by atoms with E-state index in [-0.39, 0.29) is 0 Å². The van der Waals surface area contributed by atoms with Crippen LogP contribution in [0, 0.1) is 5.41 Å². The molecule has 0 amide bonds. The minimum atomic E-state index is 0.571. The third-order valence-electron chi connectivity index (χ3n) is 3.56. The predicted molar refractivity (Wildman–Crippen MR) is 63.9 cm³/mol. The van der Waals surface area contributed by atoms with Crippen LogP contribution in [0.15, 0.2) is 4.99 Å². The normalized spacial score (nSPS) is 32.7. The van der Waals surface area contributed by atoms with E-state index in [1.54, 1.807) is 0 Å². The monoisotopic (exact) mass is 212 g/mol. The van der Waals surface area contributed by atoms with Gasteiger partial charge in [0.2, 0.25) is 0 Å². The fourth-order valence-corrected chi connectivity index (χ4v) is 3.06. The van der Waals surface area contributed by atoms with E-state index in [0.29, 0.717) is 11.5 Å². The molecule has 2 nitrogen and oxygen atoms in total. The van der Waals surface area contributed by atoms with Crippen LogP contribution >= 0.6 is 11.8 Å². The highest BCUT2D eigenvalue weighted by atomic mass is 32.2. The molecule has 2 aliphatic rings. The van der Waals surface area contributed by atoms with E-state index in [4.69, 9.17) is 4.99 Å². The van der Waals surface area contributed by atoms with Crippen LogP contribution in [-0.4, -0.2) is 23.5 Å². The van der Waals surface area contributed by atoms with E-state index in [1.165, 1.54) is 36.6 Å². The first kappa shape index (κ1) is 10.3. The van der Waals surface area contributed by atoms with Gasteiger partial charge in [0.15, 0.2) is 5.17 Å². The number of aliphatic imine (C=N–C) groups is 1. The number of amidine groups is 1. The minimum Gasteiger partial charge on any atom is -0.362 e. The Balaban J connectivity index is 1.86. The first-order chi connectivity index (χ1) is 6.74. The largest absolute Gasteiger partial charge is 0.362 e. The van der Waals surface area contributed by atoms with Crippen molar-refractivity contribution in [3.05, 3.63) is 0 Å². The van der Waals surface area contributed by atoms with Crippen molar-refractivity contribution >= 4 is 16.9 Å². The zero-order valence-corrected chi connectivity index (χ0v) is 9.99. The lowest BCUT2D eigenvalue weighted by atomic mass is 9.67. The summed E-state index contributed by atoms with van der Waals surface area (Å²) in [6.07, 6.45) is 5.49. The Bertz CT molecular complexity index is 228. The predicted octanol–water partition coefficient (Wildman–Crippen LogP) is 2.65. The van der Waals surface area contributed by atoms with Gasteiger partial charge >= 0.3 is 0 Å². The van der Waals surface area contributed by atoms with Gasteiger partial charge in [0, 0.05) is 18.3 Å². The van der Waals surface area contributed by atoms with Crippen molar-refractivity contribution in [2.75, 3.05) is 12.3 Å². The van der Waals surface area contributed by atoms with Gasteiger partial charge in [-0.3, -0.25) is 4.99 Å². The Kier molecular flexibility index (Phi) is 3.05. The molecule has 0 aromatic heterocycles. The molecule has 1 unspecified atom stereocenters. The number of hydrogen-bond acceptors (Lipinski definition) is 2. The molecule has 80 valence electrons. The van der Waals surface area contributed by atoms with Gasteiger partial charge in [0.25, 0.3) is 0 Å². The molecule has 0 aromatic rings. The van der Waals surface area contributed by atoms with E-state index in [9.17, 15) is 0 Å². The zero-order chi connectivity index (χ0) is 10.0. The highest BCUT2D eigenvalue weighted by Crippen LogP contribution is 2.44. The molecule has 0 radical (unpaired) electrons. The summed E-state index contributed by atoms with van der Waals surface area (Å²) in [5.41, 5.74) is 0.571. The van der Waals surface area contributed by atoms with Gasteiger partial charge in [-0.05, 0) is 31.6 Å². The number of nitrogens with one attached hydrogen (secondary N) is 1. The Morgan fingerprint density at radius 2 is 2.36 bits per heavy atom. The first-order valence-electron chi connectivity index (χ1n) is 5.68. The minimum absolute atomic E-state index is 0.571. The average Bonchev–Trinajstić information content (AvgIpc) is 2.50. The van der Waals surface area contributed by atoms with Crippen LogP contribution in [0.5, 0.6) is 0 Å². The summed E-state index contributed by atoms with van der Waals surface area (Å²) in [6.45, 7) is 5.57. The third kappa shape index (κ3) is 2.08. The molecule has 1 atom stereocenters. The lowest BCUT2D eigenvalue weighted by Crippen LogP contribution is -2.33. The van der Waals surface area contributed by atoms with Crippen LogP contribution in [0.4, 0.5) is 0 Å². The molecule has 0 bridgehead atoms. The van der Waals surface area contributed by atoms with Gasteiger partial charge in [0.1, 0.15) is 0 Å². The second-order valence-corrected chi connectivity index (χ2v) is 5.69. The van der Waals surface area contributed by atoms with Crippen molar-refractivity contribution in [2.45, 2.75) is 45.6 Å². The summed E-state index contributed by atoms with van der Waals surface area (Å²) in [5.74, 6) is 1.18. The van der Waals surface area contributed by atoms with E-state index < -0.39 is 0 Å². The number of thioether (sulfide) groups is 1. The molecule has 1 saturated heterocycles. The summed E-state index contributed by atoms with van der Waals surface area (Å²) in [5, 5.41) is 4.59. The van der Waals surface area contributed by atoms with Gasteiger partial charge in [-0.15, -0.1) is 0 Å². The summed E-state index contributed by atoms with van der Waals surface area (Å²) in [7, 11) is 0. The summed E-state index contributed by atoms with van der Waals surface area (Å²) in [6, 6.07) is 0.609. The van der Waals surface area contributed by atoms with Crippen molar-refractivity contribution in [3.8, 4) is 0 Å². The maximum Gasteiger partial charge on any atom is 0.156 e. The van der Waals surface area contributed by atoms with Crippen molar-refractivity contribution in [3.63, 3.8) is 0 Å². The Morgan fingerprint density at radius 3 is 2.79 bits per heavy atom. The van der Waals surface area contributed by atoms with Crippen molar-refractivity contribution < 1.29 is 0 Å². The molecule has 0 spiro atoms. The molecular weight excluding hydrogens is 192 g/mol. The van der Waals surface area contributed by atoms with Gasteiger partial charge < -0.3 is 5.32 Å². The molecule has 2 fully saturated rings. The molecule has 1 aliphatic carbocycles. The van der Waals surface area contributed by atoms with E-state index in [1.807, 2.05) is 11.8 Å². The molecule has 1 saturated carbocycles. The number of rotatable bonds is 3. The quantitative estimate of drug-likeness (QED) is 0.778. The SMILES string of the molecule is CCC1(CN=C2NC(C)CS2)CCC1. The Labute approximate surface area is 90.9 Å². The van der Waals surface area contributed by atoms with Gasteiger partial charge in [-0.25, -0.2) is 0 Å². The molecule has 3 heteroatoms. The van der Waals surface area contributed by atoms with Crippen LogP contribution < -0.4 is 5.32 Å². The highest BCUT2D eigenvalue weighted by molar-refractivity contribution is 8.14. The molecule has 0 aromatic carbocycles. The molecule has 1 heterocycles. The maximum absolute atomic E-state index is 4.71. The van der Waals surface area contributed by atoms with Crippen molar-refractivity contribution in [1.29, 1.82) is 0 Å². The topological polar surface area (TPSA) is 24.4 Å². The van der Waals surface area contributed by atoms with Crippen molar-refractivity contribution in [1.82, 2.24) is 5.32 Å². The molecule has 1 aliphatic heterocycles. The van der Waals surface area contributed by atoms with Gasteiger partial charge in [0.05, 0.1) is 0 Å². The van der Waals surface area contributed by atoms with Crippen LogP contribution in [0.3, 0.4) is 0 Å². The third-order valence-corrected chi connectivity index (χ3v) is 4.75. The van der Waals surface area contributed by atoms with Gasteiger partial charge in [-0.2, -0.15) is 0 Å². The second-order valence-electron chi connectivity index (χ2n) is 4.68. The van der Waals surface area contributed by atoms with Gasteiger partial charge in [-0.1, -0.05) is 25.1 Å². The van der Waals surface area contributed by atoms with Crippen LogP contribution in [0.1, 0.15) is 39.5 Å². The molecule has 2 rings (SSSR count). The highest BCUT2D eigenvalue weighted by Gasteiger charge is 2.35. The smallest absolute Gasteiger partial charge is 0.156 e. The summed E-state index contributed by atoms with van der Waals surface area (Å²) in [4.78, 5) is 4.71. The molecule has 1 N–H and O–H groups in total. The maximum atomic E-state index is 4.71. The van der Waals surface area contributed by atoms with E-state index >= 15 is 0 Å². The fraction of sp³-hybridized carbons (Fsp3) is 0.909. The van der Waals surface area contributed by atoms with Crippen molar-refractivity contribution in [2.24, 2.45) is 10.4 Å². The standard InChI is InChI=1S/C11H20N2S/c1-3-11(5-4-6-11)8-12-10-13-9(2)7-14-10/h9H,3-8H2,1-2H3,(H,12,13). The Morgan fingerprint density at radius 1 is 1.57 bits per heavy atom. The lowest BCUT2D eigenvalue weighted by Gasteiger charge is -2.40. The molecule has 14 heavy (non-hydrogen) atoms. The number of nitrogens with zero attached hydrogens (tertiary/aromatic N) is 1. The summed E-state index contributed by atoms with van der Waals surface area (Å²) < 4.78 is 0. The van der Waals surface area contributed by atoms with Crippen LogP contribution in [-0.2, 0) is 0 Å². The van der Waals surface area contributed by atoms with Crippen LogP contribution in [0.25, 0.3) is 0 Å². The van der Waals surface area contributed by atoms with E-state index in [0.717, 1.165) is 6.54 Å². The molecular formula is C11H20N2S. The zero-order valence-electron chi connectivity index (χ0n) is 9.18. The lowest BCUT2D eigenvalue weighted by molar-refractivity contribution is 0.139. The number of hydrogen-bond donors (Lipinski definition) is 1. The first-order valence-corrected chi connectivity index (χ1v) is 6.66. The Hall–Kier alpha value is -0.180.